The Kier molecular flexibility index (Phi) is 8.19. The lowest BCUT2D eigenvalue weighted by atomic mass is 9.78. The largest absolute Gasteiger partial charge is 0.493 e. The van der Waals surface area contributed by atoms with Gasteiger partial charge < -0.3 is 24.8 Å². The number of piperidine rings is 1. The van der Waals surface area contributed by atoms with Gasteiger partial charge in [0.2, 0.25) is 5.91 Å². The summed E-state index contributed by atoms with van der Waals surface area (Å²) in [5.74, 6) is 1.63. The standard InChI is InChI=1S/C20H32N2O4/c1-4-26-18-14-16(7-8-17(18)25-3)6-5-11-22-19(23)20(15-24-2)9-12-21-13-10-20/h7-8,14,21H,4-6,9-13,15H2,1-3H3,(H,22,23). The SMILES string of the molecule is CCOc1cc(CCCNC(=O)C2(COC)CCNCC2)ccc1OC. The van der Waals surface area contributed by atoms with Crippen LogP contribution in [0.2, 0.25) is 0 Å². The van der Waals surface area contributed by atoms with Crippen LogP contribution >= 0.6 is 0 Å². The van der Waals surface area contributed by atoms with Gasteiger partial charge in [-0.3, -0.25) is 4.79 Å². The zero-order valence-electron chi connectivity index (χ0n) is 16.2. The summed E-state index contributed by atoms with van der Waals surface area (Å²) in [6.45, 7) is 5.43. The fourth-order valence-corrected chi connectivity index (χ4v) is 3.45. The van der Waals surface area contributed by atoms with Gasteiger partial charge in [0.05, 0.1) is 25.7 Å². The molecule has 0 aliphatic carbocycles. The second-order valence-corrected chi connectivity index (χ2v) is 6.74. The number of carbonyl (C=O) groups excluding carboxylic acids is 1. The maximum atomic E-state index is 12.7. The van der Waals surface area contributed by atoms with Gasteiger partial charge in [-0.1, -0.05) is 6.07 Å². The smallest absolute Gasteiger partial charge is 0.228 e. The van der Waals surface area contributed by atoms with Gasteiger partial charge in [-0.2, -0.15) is 0 Å². The minimum absolute atomic E-state index is 0.116. The summed E-state index contributed by atoms with van der Waals surface area (Å²) in [7, 11) is 3.31. The third-order valence-electron chi connectivity index (χ3n) is 4.92. The predicted molar refractivity (Wildman–Crippen MR) is 102 cm³/mol. The van der Waals surface area contributed by atoms with Crippen LogP contribution in [0.25, 0.3) is 0 Å². The van der Waals surface area contributed by atoms with Crippen molar-refractivity contribution in [1.82, 2.24) is 10.6 Å². The van der Waals surface area contributed by atoms with Gasteiger partial charge in [0.25, 0.3) is 0 Å². The zero-order chi connectivity index (χ0) is 18.8. The Balaban J connectivity index is 1.84. The first-order valence-corrected chi connectivity index (χ1v) is 9.43. The molecule has 1 aromatic carbocycles. The van der Waals surface area contributed by atoms with Gasteiger partial charge in [0, 0.05) is 13.7 Å². The van der Waals surface area contributed by atoms with Crippen LogP contribution in [0.4, 0.5) is 0 Å². The summed E-state index contributed by atoms with van der Waals surface area (Å²) in [6.07, 6.45) is 3.40. The van der Waals surface area contributed by atoms with Crippen LogP contribution in [-0.2, 0) is 16.0 Å². The fraction of sp³-hybridized carbons (Fsp3) is 0.650. The number of rotatable bonds is 10. The minimum Gasteiger partial charge on any atom is -0.493 e. The van der Waals surface area contributed by atoms with Crippen molar-refractivity contribution in [2.75, 3.05) is 47.1 Å². The Hall–Kier alpha value is -1.79. The summed E-state index contributed by atoms with van der Waals surface area (Å²) in [5.41, 5.74) is 0.791. The maximum absolute atomic E-state index is 12.7. The van der Waals surface area contributed by atoms with E-state index in [2.05, 4.69) is 10.6 Å². The van der Waals surface area contributed by atoms with Crippen LogP contribution in [-0.4, -0.2) is 53.0 Å². The Bertz CT molecular complexity index is 565. The molecule has 6 nitrogen and oxygen atoms in total. The van der Waals surface area contributed by atoms with Crippen LogP contribution in [0.3, 0.4) is 0 Å². The molecule has 2 rings (SSSR count). The van der Waals surface area contributed by atoms with Gasteiger partial charge in [0.15, 0.2) is 11.5 Å². The van der Waals surface area contributed by atoms with E-state index in [0.29, 0.717) is 19.8 Å². The van der Waals surface area contributed by atoms with Crippen LogP contribution in [0, 0.1) is 5.41 Å². The Morgan fingerprint density at radius 2 is 2.00 bits per heavy atom. The van der Waals surface area contributed by atoms with E-state index in [4.69, 9.17) is 14.2 Å². The molecule has 0 aromatic heterocycles. The number of hydrogen-bond acceptors (Lipinski definition) is 5. The summed E-state index contributed by atoms with van der Waals surface area (Å²) in [6, 6.07) is 5.99. The first-order chi connectivity index (χ1) is 12.6. The minimum atomic E-state index is -0.387. The number of aryl methyl sites for hydroxylation is 1. The number of methoxy groups -OCH3 is 2. The van der Waals surface area contributed by atoms with Crippen molar-refractivity contribution in [1.29, 1.82) is 0 Å². The van der Waals surface area contributed by atoms with Crippen molar-refractivity contribution in [3.05, 3.63) is 23.8 Å². The number of carbonyl (C=O) groups is 1. The predicted octanol–water partition coefficient (Wildman–Crippen LogP) is 2.16. The Morgan fingerprint density at radius 3 is 2.65 bits per heavy atom. The van der Waals surface area contributed by atoms with Crippen molar-refractivity contribution < 1.29 is 19.0 Å². The number of benzene rings is 1. The monoisotopic (exact) mass is 364 g/mol. The highest BCUT2D eigenvalue weighted by Crippen LogP contribution is 2.30. The van der Waals surface area contributed by atoms with Gasteiger partial charge in [-0.25, -0.2) is 0 Å². The van der Waals surface area contributed by atoms with E-state index in [0.717, 1.165) is 50.3 Å². The molecule has 0 atom stereocenters. The van der Waals surface area contributed by atoms with Crippen molar-refractivity contribution in [2.24, 2.45) is 5.41 Å². The molecule has 1 aliphatic heterocycles. The molecule has 146 valence electrons. The van der Waals surface area contributed by atoms with E-state index >= 15 is 0 Å². The van der Waals surface area contributed by atoms with Crippen LogP contribution in [0.1, 0.15) is 31.7 Å². The van der Waals surface area contributed by atoms with E-state index in [9.17, 15) is 4.79 Å². The second kappa shape index (κ2) is 10.4. The summed E-state index contributed by atoms with van der Waals surface area (Å²) in [5, 5.41) is 6.42. The van der Waals surface area contributed by atoms with Crippen LogP contribution in [0.15, 0.2) is 18.2 Å². The molecule has 0 unspecified atom stereocenters. The van der Waals surface area contributed by atoms with Crippen LogP contribution in [0.5, 0.6) is 11.5 Å². The second-order valence-electron chi connectivity index (χ2n) is 6.74. The highest BCUT2D eigenvalue weighted by Gasteiger charge is 2.39. The molecule has 6 heteroatoms. The molecular formula is C20H32N2O4. The van der Waals surface area contributed by atoms with Gasteiger partial charge >= 0.3 is 0 Å². The average molecular weight is 364 g/mol. The Labute approximate surface area is 156 Å². The van der Waals surface area contributed by atoms with Crippen molar-refractivity contribution in [3.63, 3.8) is 0 Å². The molecule has 26 heavy (non-hydrogen) atoms. The molecule has 1 aliphatic rings. The molecule has 1 fully saturated rings. The molecule has 1 saturated heterocycles. The highest BCUT2D eigenvalue weighted by molar-refractivity contribution is 5.83. The van der Waals surface area contributed by atoms with E-state index in [1.54, 1.807) is 14.2 Å². The third-order valence-corrected chi connectivity index (χ3v) is 4.92. The summed E-state index contributed by atoms with van der Waals surface area (Å²) < 4.78 is 16.3. The van der Waals surface area contributed by atoms with Crippen molar-refractivity contribution >= 4 is 5.91 Å². The Morgan fingerprint density at radius 1 is 1.23 bits per heavy atom. The molecule has 1 heterocycles. The quantitative estimate of drug-likeness (QED) is 0.623. The summed E-state index contributed by atoms with van der Waals surface area (Å²) in [4.78, 5) is 12.7. The first kappa shape index (κ1) is 20.5. The molecule has 1 aromatic rings. The highest BCUT2D eigenvalue weighted by atomic mass is 16.5. The zero-order valence-corrected chi connectivity index (χ0v) is 16.2. The topological polar surface area (TPSA) is 68.8 Å². The first-order valence-electron chi connectivity index (χ1n) is 9.43. The average Bonchev–Trinajstić information content (AvgIpc) is 2.66. The number of amides is 1. The van der Waals surface area contributed by atoms with E-state index < -0.39 is 0 Å². The third kappa shape index (κ3) is 5.35. The normalized spacial score (nSPS) is 16.1. The van der Waals surface area contributed by atoms with Gasteiger partial charge in [0.1, 0.15) is 0 Å². The molecule has 0 saturated carbocycles. The lowest BCUT2D eigenvalue weighted by Gasteiger charge is -2.35. The molecule has 2 N–H and O–H groups in total. The maximum Gasteiger partial charge on any atom is 0.228 e. The molecule has 0 bridgehead atoms. The van der Waals surface area contributed by atoms with E-state index in [1.807, 2.05) is 25.1 Å². The number of ether oxygens (including phenoxy) is 3. The number of nitrogens with one attached hydrogen (secondary N) is 2. The van der Waals surface area contributed by atoms with E-state index in [-0.39, 0.29) is 11.3 Å². The van der Waals surface area contributed by atoms with Crippen molar-refractivity contribution in [3.8, 4) is 11.5 Å². The molecule has 0 spiro atoms. The van der Waals surface area contributed by atoms with E-state index in [1.165, 1.54) is 5.56 Å². The van der Waals surface area contributed by atoms with Crippen LogP contribution < -0.4 is 20.1 Å². The molecule has 0 radical (unpaired) electrons. The van der Waals surface area contributed by atoms with Gasteiger partial charge in [-0.05, 0) is 63.4 Å². The van der Waals surface area contributed by atoms with Gasteiger partial charge in [-0.15, -0.1) is 0 Å². The summed E-state index contributed by atoms with van der Waals surface area (Å²) >= 11 is 0. The molecular weight excluding hydrogens is 332 g/mol. The lowest BCUT2D eigenvalue weighted by Crippen LogP contribution is -2.50. The fourth-order valence-electron chi connectivity index (χ4n) is 3.45. The number of hydrogen-bond donors (Lipinski definition) is 2. The lowest BCUT2D eigenvalue weighted by molar-refractivity contribution is -0.136. The van der Waals surface area contributed by atoms with Crippen molar-refractivity contribution in [2.45, 2.75) is 32.6 Å². The molecule has 1 amide bonds.